The largest absolute Gasteiger partial charge is 0.468 e. The molecule has 2 heterocycles. The number of carbonyl (C=O) groups excluding carboxylic acids is 2. The van der Waals surface area contributed by atoms with Crippen LogP contribution in [-0.2, 0) is 20.9 Å². The second kappa shape index (κ2) is 12.9. The Morgan fingerprint density at radius 3 is 2.10 bits per heavy atom. The number of nitrogens with zero attached hydrogens (tertiary/aromatic N) is 2. The quantitative estimate of drug-likeness (QED) is 0.224. The van der Waals surface area contributed by atoms with E-state index in [1.807, 2.05) is 91.0 Å². The number of esters is 1. The molecule has 204 valence electrons. The third-order valence-electron chi connectivity index (χ3n) is 6.53. The molecule has 1 atom stereocenters. The van der Waals surface area contributed by atoms with E-state index in [9.17, 15) is 14.9 Å². The number of allylic oxidation sites excluding steroid dienone is 2. The van der Waals surface area contributed by atoms with Crippen LogP contribution in [0.4, 0.5) is 11.4 Å². The standard InChI is InChI=1S/C33H27N3O4S/c1-23-30(33(38)40-21-24-12-5-2-6-13-24)31(28-18-11-19-39-28)27(20-34)32(35-23)41-22-29(37)36(25-14-7-3-8-15-25)26-16-9-4-10-17-26/h2-19,31,35H,21-22H2,1H3. The van der Waals surface area contributed by atoms with Gasteiger partial charge >= 0.3 is 5.97 Å². The van der Waals surface area contributed by atoms with Gasteiger partial charge in [0.05, 0.1) is 40.2 Å². The average Bonchev–Trinajstić information content (AvgIpc) is 3.55. The normalized spacial score (nSPS) is 14.7. The maximum absolute atomic E-state index is 13.6. The lowest BCUT2D eigenvalue weighted by Gasteiger charge is -2.28. The molecule has 7 nitrogen and oxygen atoms in total. The third kappa shape index (κ3) is 6.26. The minimum Gasteiger partial charge on any atom is -0.468 e. The Morgan fingerprint density at radius 1 is 0.927 bits per heavy atom. The highest BCUT2D eigenvalue weighted by molar-refractivity contribution is 8.03. The van der Waals surface area contributed by atoms with Crippen LogP contribution in [0.5, 0.6) is 0 Å². The first-order valence-corrected chi connectivity index (χ1v) is 14.0. The molecule has 1 amide bonds. The molecule has 0 saturated heterocycles. The van der Waals surface area contributed by atoms with Crippen LogP contribution in [0.3, 0.4) is 0 Å². The first-order valence-electron chi connectivity index (χ1n) is 13.0. The molecule has 1 N–H and O–H groups in total. The number of anilines is 2. The van der Waals surface area contributed by atoms with Crippen molar-refractivity contribution in [3.8, 4) is 6.07 Å². The number of hydrogen-bond donors (Lipinski definition) is 1. The zero-order valence-corrected chi connectivity index (χ0v) is 23.1. The molecule has 4 aromatic rings. The maximum atomic E-state index is 13.6. The summed E-state index contributed by atoms with van der Waals surface area (Å²) in [6.45, 7) is 1.85. The molecule has 0 bridgehead atoms. The number of dihydropyridines is 1. The lowest BCUT2D eigenvalue weighted by atomic mass is 9.86. The van der Waals surface area contributed by atoms with Crippen molar-refractivity contribution in [2.75, 3.05) is 10.7 Å². The van der Waals surface area contributed by atoms with Crippen molar-refractivity contribution in [3.05, 3.63) is 143 Å². The third-order valence-corrected chi connectivity index (χ3v) is 7.53. The van der Waals surface area contributed by atoms with Crippen molar-refractivity contribution in [2.45, 2.75) is 19.4 Å². The van der Waals surface area contributed by atoms with Gasteiger partial charge in [0.25, 0.3) is 0 Å². The fraction of sp³-hybridized carbons (Fsp3) is 0.121. The monoisotopic (exact) mass is 561 g/mol. The Bertz CT molecular complexity index is 1570. The van der Waals surface area contributed by atoms with E-state index in [1.54, 1.807) is 24.0 Å². The number of amides is 1. The fourth-order valence-electron chi connectivity index (χ4n) is 4.63. The van der Waals surface area contributed by atoms with Crippen LogP contribution in [0.1, 0.15) is 24.2 Å². The van der Waals surface area contributed by atoms with Gasteiger partial charge in [0, 0.05) is 17.1 Å². The number of nitriles is 1. The molecule has 3 aromatic carbocycles. The number of thioether (sulfide) groups is 1. The molecule has 0 spiro atoms. The predicted octanol–water partition coefficient (Wildman–Crippen LogP) is 6.82. The fourth-order valence-corrected chi connectivity index (χ4v) is 5.57. The summed E-state index contributed by atoms with van der Waals surface area (Å²) >= 11 is 1.21. The maximum Gasteiger partial charge on any atom is 0.337 e. The Hall–Kier alpha value is -5.00. The van der Waals surface area contributed by atoms with Crippen LogP contribution in [0.2, 0.25) is 0 Å². The molecule has 41 heavy (non-hydrogen) atoms. The number of benzene rings is 3. The summed E-state index contributed by atoms with van der Waals surface area (Å²) in [4.78, 5) is 28.7. The summed E-state index contributed by atoms with van der Waals surface area (Å²) in [7, 11) is 0. The van der Waals surface area contributed by atoms with Gasteiger partial charge in [-0.1, -0.05) is 78.5 Å². The molecule has 1 aromatic heterocycles. The highest BCUT2D eigenvalue weighted by atomic mass is 32.2. The second-order valence-electron chi connectivity index (χ2n) is 9.22. The van der Waals surface area contributed by atoms with E-state index in [0.29, 0.717) is 22.1 Å². The summed E-state index contributed by atoms with van der Waals surface area (Å²) in [5.41, 5.74) is 3.43. The van der Waals surface area contributed by atoms with Crippen LogP contribution in [0.25, 0.3) is 0 Å². The minimum absolute atomic E-state index is 0.0449. The Balaban J connectivity index is 1.41. The highest BCUT2D eigenvalue weighted by Gasteiger charge is 2.37. The van der Waals surface area contributed by atoms with Gasteiger partial charge in [0.2, 0.25) is 5.91 Å². The number of hydrogen-bond acceptors (Lipinski definition) is 7. The van der Waals surface area contributed by atoms with E-state index < -0.39 is 11.9 Å². The Labute approximate surface area is 242 Å². The molecular formula is C33H27N3O4S. The summed E-state index contributed by atoms with van der Waals surface area (Å²) in [6, 6.07) is 33.9. The van der Waals surface area contributed by atoms with Crippen LogP contribution in [0, 0.1) is 11.3 Å². The average molecular weight is 562 g/mol. The zero-order chi connectivity index (χ0) is 28.6. The summed E-state index contributed by atoms with van der Waals surface area (Å²) in [6.07, 6.45) is 1.50. The minimum atomic E-state index is -0.781. The van der Waals surface area contributed by atoms with Crippen LogP contribution < -0.4 is 10.2 Å². The van der Waals surface area contributed by atoms with E-state index in [0.717, 1.165) is 16.9 Å². The molecule has 0 radical (unpaired) electrons. The molecule has 0 aliphatic carbocycles. The Kier molecular flexibility index (Phi) is 8.67. The van der Waals surface area contributed by atoms with Crippen molar-refractivity contribution < 1.29 is 18.7 Å². The van der Waals surface area contributed by atoms with Crippen molar-refractivity contribution in [1.82, 2.24) is 5.32 Å². The van der Waals surface area contributed by atoms with E-state index in [4.69, 9.17) is 9.15 Å². The van der Waals surface area contributed by atoms with Gasteiger partial charge in [-0.3, -0.25) is 9.69 Å². The van der Waals surface area contributed by atoms with E-state index in [2.05, 4.69) is 11.4 Å². The van der Waals surface area contributed by atoms with Crippen LogP contribution in [-0.4, -0.2) is 17.6 Å². The predicted molar refractivity (Wildman–Crippen MR) is 159 cm³/mol. The molecule has 1 aliphatic rings. The Morgan fingerprint density at radius 2 is 1.54 bits per heavy atom. The van der Waals surface area contributed by atoms with Gasteiger partial charge in [-0.05, 0) is 48.9 Å². The smallest absolute Gasteiger partial charge is 0.337 e. The highest BCUT2D eigenvalue weighted by Crippen LogP contribution is 2.41. The van der Waals surface area contributed by atoms with Crippen molar-refractivity contribution in [3.63, 3.8) is 0 Å². The van der Waals surface area contributed by atoms with Crippen LogP contribution >= 0.6 is 11.8 Å². The van der Waals surface area contributed by atoms with Gasteiger partial charge in [-0.2, -0.15) is 5.26 Å². The molecule has 5 rings (SSSR count). The van der Waals surface area contributed by atoms with Gasteiger partial charge < -0.3 is 14.5 Å². The lowest BCUT2D eigenvalue weighted by molar-refractivity contribution is -0.140. The van der Waals surface area contributed by atoms with E-state index in [1.165, 1.54) is 18.0 Å². The first kappa shape index (κ1) is 27.6. The number of rotatable bonds is 9. The molecule has 8 heteroatoms. The molecule has 1 unspecified atom stereocenters. The van der Waals surface area contributed by atoms with Crippen molar-refractivity contribution >= 4 is 35.0 Å². The van der Waals surface area contributed by atoms with Gasteiger partial charge in [-0.25, -0.2) is 4.79 Å². The lowest BCUT2D eigenvalue weighted by Crippen LogP contribution is -2.31. The van der Waals surface area contributed by atoms with Crippen molar-refractivity contribution in [2.24, 2.45) is 0 Å². The number of para-hydroxylation sites is 2. The number of carbonyl (C=O) groups is 2. The number of furan rings is 1. The topological polar surface area (TPSA) is 95.6 Å². The van der Waals surface area contributed by atoms with E-state index in [-0.39, 0.29) is 23.8 Å². The SMILES string of the molecule is CC1=C(C(=O)OCc2ccccc2)C(c2ccco2)C(C#N)=C(SCC(=O)N(c2ccccc2)c2ccccc2)N1. The van der Waals surface area contributed by atoms with Crippen LogP contribution in [0.15, 0.2) is 136 Å². The number of nitrogens with one attached hydrogen (secondary N) is 1. The molecule has 0 saturated carbocycles. The van der Waals surface area contributed by atoms with Gasteiger partial charge in [0.1, 0.15) is 12.4 Å². The van der Waals surface area contributed by atoms with Gasteiger partial charge in [-0.15, -0.1) is 0 Å². The number of ether oxygens (including phenoxy) is 1. The second-order valence-corrected chi connectivity index (χ2v) is 10.2. The molecule has 1 aliphatic heterocycles. The summed E-state index contributed by atoms with van der Waals surface area (Å²) < 4.78 is 11.3. The first-order chi connectivity index (χ1) is 20.1. The summed E-state index contributed by atoms with van der Waals surface area (Å²) in [5, 5.41) is 14.0. The molecule has 0 fully saturated rings. The zero-order valence-electron chi connectivity index (χ0n) is 22.3. The summed E-state index contributed by atoms with van der Waals surface area (Å²) in [5.74, 6) is -1.01. The van der Waals surface area contributed by atoms with E-state index >= 15 is 0 Å². The van der Waals surface area contributed by atoms with Gasteiger partial charge in [0.15, 0.2) is 0 Å². The molecular weight excluding hydrogens is 534 g/mol. The van der Waals surface area contributed by atoms with Crippen molar-refractivity contribution in [1.29, 1.82) is 5.26 Å².